The third-order valence-corrected chi connectivity index (χ3v) is 7.95. The Bertz CT molecular complexity index is 2660. The van der Waals surface area contributed by atoms with Crippen molar-refractivity contribution in [3.63, 3.8) is 0 Å². The molecule has 8 rings (SSSR count). The van der Waals surface area contributed by atoms with E-state index < -0.39 is 0 Å². The maximum atomic E-state index is 10.3. The van der Waals surface area contributed by atoms with Crippen molar-refractivity contribution in [2.24, 2.45) is 0 Å². The molecule has 50 heavy (non-hydrogen) atoms. The highest BCUT2D eigenvalue weighted by atomic mass is 15.0. The maximum Gasteiger partial charge on any atom is 0.234 e. The summed E-state index contributed by atoms with van der Waals surface area (Å²) in [6.07, 6.45) is 0. The van der Waals surface area contributed by atoms with Crippen LogP contribution in [0, 0.1) is 45.3 Å². The molecule has 0 N–H and O–H groups in total. The number of hydrogen-bond acceptors (Lipinski definition) is 12. The van der Waals surface area contributed by atoms with Gasteiger partial charge >= 0.3 is 0 Å². The van der Waals surface area contributed by atoms with Gasteiger partial charge in [0, 0.05) is 11.1 Å². The molecular formula is C38H16N12. The largest absolute Gasteiger partial charge is 0.246 e. The first-order valence-corrected chi connectivity index (χ1v) is 15.0. The van der Waals surface area contributed by atoms with E-state index in [2.05, 4.69) is 19.9 Å². The van der Waals surface area contributed by atoms with E-state index in [1.807, 2.05) is 109 Å². The highest BCUT2D eigenvalue weighted by Gasteiger charge is 2.26. The maximum absolute atomic E-state index is 10.3. The molecule has 0 saturated heterocycles. The fourth-order valence-electron chi connectivity index (χ4n) is 5.79. The molecule has 0 spiro atoms. The van der Waals surface area contributed by atoms with E-state index >= 15 is 0 Å². The standard InChI is InChI=1S/C38H16N12/c39-17-27-31-35(47-29(19-41)45-27)36-32(28(18-40)46-30(20-42)48-36)38-37(31)49-33(25-15-7-13-23(43-25)21-9-3-1-4-10-21)34(50-38)26-16-8-14-24(44-26)22-11-5-2-6-12-22/h1-16H. The highest BCUT2D eigenvalue weighted by molar-refractivity contribution is 6.23. The van der Waals surface area contributed by atoms with Gasteiger partial charge in [-0.25, -0.2) is 39.9 Å². The first kappa shape index (κ1) is 29.3. The van der Waals surface area contributed by atoms with Gasteiger partial charge in [-0.05, 0) is 24.3 Å². The highest BCUT2D eigenvalue weighted by Crippen LogP contribution is 2.38. The van der Waals surface area contributed by atoms with Crippen LogP contribution >= 0.6 is 0 Å². The summed E-state index contributed by atoms with van der Waals surface area (Å²) in [6.45, 7) is 0. The minimum absolute atomic E-state index is 0.0502. The van der Waals surface area contributed by atoms with Gasteiger partial charge in [0.05, 0.1) is 33.5 Å². The quantitative estimate of drug-likeness (QED) is 0.190. The van der Waals surface area contributed by atoms with E-state index in [9.17, 15) is 21.0 Å². The van der Waals surface area contributed by atoms with Crippen LogP contribution < -0.4 is 0 Å². The summed E-state index contributed by atoms with van der Waals surface area (Å²) in [5.74, 6) is -0.594. The van der Waals surface area contributed by atoms with Gasteiger partial charge in [0.1, 0.15) is 57.7 Å². The van der Waals surface area contributed by atoms with Gasteiger partial charge < -0.3 is 0 Å². The Labute approximate surface area is 282 Å². The molecule has 12 heteroatoms. The van der Waals surface area contributed by atoms with Crippen molar-refractivity contribution in [2.75, 3.05) is 0 Å². The molecule has 5 aromatic heterocycles. The molecule has 0 aliphatic carbocycles. The fraction of sp³-hybridized carbons (Fsp3) is 0. The normalized spacial score (nSPS) is 10.7. The smallest absolute Gasteiger partial charge is 0.234 e. The molecule has 0 saturated carbocycles. The fourth-order valence-corrected chi connectivity index (χ4v) is 5.79. The molecular weight excluding hydrogens is 625 g/mol. The average molecular weight is 641 g/mol. The van der Waals surface area contributed by atoms with Crippen LogP contribution in [0.3, 0.4) is 0 Å². The molecule has 0 aliphatic heterocycles. The summed E-state index contributed by atoms with van der Waals surface area (Å²) in [7, 11) is 0. The van der Waals surface area contributed by atoms with E-state index in [4.69, 9.17) is 19.9 Å². The monoisotopic (exact) mass is 640 g/mol. The zero-order valence-corrected chi connectivity index (χ0v) is 25.6. The number of nitrogens with zero attached hydrogens (tertiary/aromatic N) is 12. The van der Waals surface area contributed by atoms with Crippen molar-refractivity contribution in [2.45, 2.75) is 0 Å². The van der Waals surface area contributed by atoms with Gasteiger partial charge in [-0.1, -0.05) is 72.8 Å². The van der Waals surface area contributed by atoms with E-state index in [0.29, 0.717) is 34.2 Å². The summed E-state index contributed by atoms with van der Waals surface area (Å²) < 4.78 is 0. The lowest BCUT2D eigenvalue weighted by Crippen LogP contribution is -2.06. The van der Waals surface area contributed by atoms with Crippen LogP contribution in [-0.4, -0.2) is 39.9 Å². The zero-order valence-electron chi connectivity index (χ0n) is 25.6. The van der Waals surface area contributed by atoms with Crippen molar-refractivity contribution in [1.29, 1.82) is 21.0 Å². The molecule has 0 fully saturated rings. The van der Waals surface area contributed by atoms with Crippen molar-refractivity contribution >= 4 is 32.8 Å². The third-order valence-electron chi connectivity index (χ3n) is 7.95. The Morgan fingerprint density at radius 2 is 0.720 bits per heavy atom. The van der Waals surface area contributed by atoms with Gasteiger partial charge in [-0.2, -0.15) is 21.0 Å². The van der Waals surface area contributed by atoms with Gasteiger partial charge in [0.25, 0.3) is 0 Å². The Morgan fingerprint density at radius 1 is 0.340 bits per heavy atom. The summed E-state index contributed by atoms with van der Waals surface area (Å²) in [5.41, 5.74) is 4.83. The summed E-state index contributed by atoms with van der Waals surface area (Å²) >= 11 is 0. The van der Waals surface area contributed by atoms with Crippen LogP contribution in [0.15, 0.2) is 97.1 Å². The lowest BCUT2D eigenvalue weighted by molar-refractivity contribution is 1.11. The minimum atomic E-state index is -0.297. The summed E-state index contributed by atoms with van der Waals surface area (Å²) in [6, 6.07) is 38.3. The molecule has 0 unspecified atom stereocenters. The second kappa shape index (κ2) is 11.9. The third kappa shape index (κ3) is 4.83. The van der Waals surface area contributed by atoms with Crippen molar-refractivity contribution < 1.29 is 0 Å². The molecule has 0 radical (unpaired) electrons. The number of rotatable bonds is 4. The Kier molecular flexibility index (Phi) is 7.01. The molecule has 0 aliphatic rings. The lowest BCUT2D eigenvalue weighted by atomic mass is 10.0. The van der Waals surface area contributed by atoms with Gasteiger partial charge in [-0.3, -0.25) is 0 Å². The second-order valence-corrected chi connectivity index (χ2v) is 10.9. The van der Waals surface area contributed by atoms with Crippen LogP contribution in [0.1, 0.15) is 23.0 Å². The number of nitriles is 4. The van der Waals surface area contributed by atoms with Crippen LogP contribution in [-0.2, 0) is 0 Å². The number of hydrogen-bond donors (Lipinski definition) is 0. The molecule has 228 valence electrons. The molecule has 5 heterocycles. The van der Waals surface area contributed by atoms with E-state index in [1.54, 1.807) is 12.1 Å². The van der Waals surface area contributed by atoms with Gasteiger partial charge in [0.15, 0.2) is 11.4 Å². The van der Waals surface area contributed by atoms with E-state index in [-0.39, 0.29) is 55.9 Å². The van der Waals surface area contributed by atoms with Crippen LogP contribution in [0.5, 0.6) is 0 Å². The molecule has 0 amide bonds. The molecule has 0 atom stereocenters. The second-order valence-electron chi connectivity index (χ2n) is 10.9. The first-order chi connectivity index (χ1) is 24.6. The molecule has 0 bridgehead atoms. The number of aromatic nitrogens is 8. The number of fused-ring (bicyclic) bond motifs is 6. The Hall–Kier alpha value is -8.06. The predicted molar refractivity (Wildman–Crippen MR) is 182 cm³/mol. The SMILES string of the molecule is N#Cc1nc(C#N)c2c(n1)c1nc(C#N)nc(C#N)c1c1nc(-c3cccc(-c4ccccc4)n3)c(-c3cccc(-c4ccccc4)n3)nc12. The van der Waals surface area contributed by atoms with Gasteiger partial charge in [0.2, 0.25) is 11.6 Å². The van der Waals surface area contributed by atoms with Crippen LogP contribution in [0.25, 0.3) is 78.1 Å². The molecule has 12 nitrogen and oxygen atoms in total. The summed E-state index contributed by atoms with van der Waals surface area (Å²) in [4.78, 5) is 37.3. The number of pyridine rings is 2. The zero-order chi connectivity index (χ0) is 34.2. The predicted octanol–water partition coefficient (Wildman–Crippen LogP) is 6.46. The van der Waals surface area contributed by atoms with Gasteiger partial charge in [-0.15, -0.1) is 0 Å². The first-order valence-electron chi connectivity index (χ1n) is 15.0. The van der Waals surface area contributed by atoms with Crippen LogP contribution in [0.2, 0.25) is 0 Å². The number of benzene rings is 3. The van der Waals surface area contributed by atoms with E-state index in [1.165, 1.54) is 0 Å². The lowest BCUT2D eigenvalue weighted by Gasteiger charge is -2.15. The minimum Gasteiger partial charge on any atom is -0.246 e. The Balaban J connectivity index is 1.55. The summed E-state index contributed by atoms with van der Waals surface area (Å²) in [5, 5.41) is 40.2. The van der Waals surface area contributed by atoms with Crippen molar-refractivity contribution in [3.05, 3.63) is 120 Å². The Morgan fingerprint density at radius 3 is 1.10 bits per heavy atom. The topological polar surface area (TPSA) is 198 Å². The average Bonchev–Trinajstić information content (AvgIpc) is 3.20. The van der Waals surface area contributed by atoms with Crippen LogP contribution in [0.4, 0.5) is 0 Å². The van der Waals surface area contributed by atoms with Crippen molar-refractivity contribution in [3.8, 4) is 69.6 Å². The van der Waals surface area contributed by atoms with Crippen molar-refractivity contribution in [1.82, 2.24) is 39.9 Å². The van der Waals surface area contributed by atoms with E-state index in [0.717, 1.165) is 11.1 Å². The molecule has 8 aromatic rings. The molecule has 3 aromatic carbocycles.